The van der Waals surface area contributed by atoms with Crippen molar-refractivity contribution >= 4 is 41.1 Å². The Hall–Kier alpha value is -3.76. The lowest BCUT2D eigenvalue weighted by Crippen LogP contribution is -2.34. The molecule has 2 aromatic heterocycles. The van der Waals surface area contributed by atoms with Gasteiger partial charge in [0.15, 0.2) is 12.1 Å². The van der Waals surface area contributed by atoms with Crippen molar-refractivity contribution in [1.82, 2.24) is 19.4 Å². The van der Waals surface area contributed by atoms with Gasteiger partial charge in [-0.25, -0.2) is 4.98 Å². The maximum atomic E-state index is 13.5. The van der Waals surface area contributed by atoms with Crippen molar-refractivity contribution in [3.8, 4) is 28.1 Å². The van der Waals surface area contributed by atoms with Gasteiger partial charge < -0.3 is 19.4 Å². The second-order valence-electron chi connectivity index (χ2n) is 11.8. The minimum absolute atomic E-state index is 0.337. The van der Waals surface area contributed by atoms with Gasteiger partial charge in [-0.3, -0.25) is 19.5 Å². The standard InChI is InChI=1S/C35H37Cl2N5O4/c1-41-29-14-16-42(17-18-46-24-7-4-3-5-8-24)20-28(29)39-34(41)35(44)40-27-10-6-9-25(31(27)36)26-13-15-38-33(32(26)37)22-11-12-23(21-43)30(19-22)45-2/h6,9-13,15,19,21,24H,3-5,7-8,14,16-18,20H2,1-2H3,(H,40,44). The van der Waals surface area contributed by atoms with Crippen molar-refractivity contribution in [2.75, 3.05) is 32.1 Å². The summed E-state index contributed by atoms with van der Waals surface area (Å²) in [4.78, 5) is 36.5. The van der Waals surface area contributed by atoms with Gasteiger partial charge >= 0.3 is 0 Å². The van der Waals surface area contributed by atoms with Crippen molar-refractivity contribution in [3.05, 3.63) is 81.5 Å². The van der Waals surface area contributed by atoms with E-state index in [4.69, 9.17) is 37.7 Å². The lowest BCUT2D eigenvalue weighted by Gasteiger charge is -2.28. The maximum absolute atomic E-state index is 13.5. The predicted octanol–water partition coefficient (Wildman–Crippen LogP) is 7.24. The van der Waals surface area contributed by atoms with Gasteiger partial charge in [-0.1, -0.05) is 60.7 Å². The molecule has 1 aliphatic heterocycles. The van der Waals surface area contributed by atoms with Gasteiger partial charge in [0, 0.05) is 61.7 Å². The lowest BCUT2D eigenvalue weighted by atomic mass is 9.98. The number of halogens is 2. The number of pyridine rings is 1. The Morgan fingerprint density at radius 3 is 2.67 bits per heavy atom. The molecule has 2 aromatic carbocycles. The van der Waals surface area contributed by atoms with Gasteiger partial charge in [-0.05, 0) is 37.1 Å². The van der Waals surface area contributed by atoms with Crippen LogP contribution in [-0.4, -0.2) is 64.5 Å². The number of ether oxygens (including phenoxy) is 2. The van der Waals surface area contributed by atoms with Crippen LogP contribution >= 0.6 is 23.2 Å². The monoisotopic (exact) mass is 661 g/mol. The summed E-state index contributed by atoms with van der Waals surface area (Å²) in [6.07, 6.45) is 9.77. The molecule has 2 aliphatic rings. The number of aromatic nitrogens is 3. The van der Waals surface area contributed by atoms with Gasteiger partial charge in [0.05, 0.1) is 52.5 Å². The third-order valence-electron chi connectivity index (χ3n) is 8.91. The number of fused-ring (bicyclic) bond motifs is 1. The Labute approximate surface area is 278 Å². The number of rotatable bonds is 10. The van der Waals surface area contributed by atoms with Gasteiger partial charge in [-0.2, -0.15) is 0 Å². The normalized spacial score (nSPS) is 15.4. The highest BCUT2D eigenvalue weighted by molar-refractivity contribution is 6.39. The highest BCUT2D eigenvalue weighted by Crippen LogP contribution is 2.41. The van der Waals surface area contributed by atoms with Crippen LogP contribution in [0.2, 0.25) is 10.0 Å². The largest absolute Gasteiger partial charge is 0.496 e. The molecule has 1 amide bonds. The Bertz CT molecular complexity index is 1750. The van der Waals surface area contributed by atoms with E-state index in [0.29, 0.717) is 67.9 Å². The number of aldehydes is 1. The quantitative estimate of drug-likeness (QED) is 0.179. The Morgan fingerprint density at radius 1 is 1.09 bits per heavy atom. The maximum Gasteiger partial charge on any atom is 0.291 e. The minimum Gasteiger partial charge on any atom is -0.496 e. The van der Waals surface area contributed by atoms with Crippen LogP contribution in [0.15, 0.2) is 48.7 Å². The molecule has 1 saturated carbocycles. The fourth-order valence-corrected chi connectivity index (χ4v) is 6.98. The summed E-state index contributed by atoms with van der Waals surface area (Å²) in [5, 5.41) is 3.68. The molecule has 4 aromatic rings. The zero-order valence-corrected chi connectivity index (χ0v) is 27.5. The molecule has 46 heavy (non-hydrogen) atoms. The molecule has 0 bridgehead atoms. The summed E-state index contributed by atoms with van der Waals surface area (Å²) in [5.41, 5.74) is 5.33. The van der Waals surface area contributed by atoms with E-state index in [1.807, 2.05) is 23.7 Å². The van der Waals surface area contributed by atoms with Crippen molar-refractivity contribution in [2.24, 2.45) is 7.05 Å². The zero-order chi connectivity index (χ0) is 32.2. The van der Waals surface area contributed by atoms with E-state index in [9.17, 15) is 9.59 Å². The molecule has 0 saturated heterocycles. The molecule has 0 radical (unpaired) electrons. The number of imidazole rings is 1. The van der Waals surface area contributed by atoms with E-state index >= 15 is 0 Å². The number of carbonyl (C=O) groups is 2. The summed E-state index contributed by atoms with van der Waals surface area (Å²) in [5.74, 6) is 0.418. The summed E-state index contributed by atoms with van der Waals surface area (Å²) >= 11 is 13.8. The van der Waals surface area contributed by atoms with E-state index in [1.165, 1.54) is 39.2 Å². The Morgan fingerprint density at radius 2 is 1.89 bits per heavy atom. The fourth-order valence-electron chi connectivity index (χ4n) is 6.38. The van der Waals surface area contributed by atoms with Crippen LogP contribution in [0.25, 0.3) is 22.4 Å². The first-order valence-electron chi connectivity index (χ1n) is 15.6. The van der Waals surface area contributed by atoms with E-state index < -0.39 is 0 Å². The average molecular weight is 663 g/mol. The van der Waals surface area contributed by atoms with Crippen LogP contribution < -0.4 is 10.1 Å². The molecule has 1 aliphatic carbocycles. The number of carbonyl (C=O) groups excluding carboxylic acids is 2. The number of hydrogen-bond donors (Lipinski definition) is 1. The summed E-state index contributed by atoms with van der Waals surface area (Å²) < 4.78 is 13.4. The number of nitrogens with zero attached hydrogens (tertiary/aromatic N) is 4. The van der Waals surface area contributed by atoms with E-state index in [2.05, 4.69) is 15.2 Å². The molecule has 0 atom stereocenters. The smallest absolute Gasteiger partial charge is 0.291 e. The van der Waals surface area contributed by atoms with Gasteiger partial charge in [0.1, 0.15) is 5.75 Å². The molecule has 0 spiro atoms. The molecule has 0 unspecified atom stereocenters. The van der Waals surface area contributed by atoms with Gasteiger partial charge in [-0.15, -0.1) is 0 Å². The molecule has 11 heteroatoms. The number of hydrogen-bond acceptors (Lipinski definition) is 7. The predicted molar refractivity (Wildman–Crippen MR) is 180 cm³/mol. The van der Waals surface area contributed by atoms with Gasteiger partial charge in [0.25, 0.3) is 5.91 Å². The molecule has 3 heterocycles. The Balaban J connectivity index is 1.17. The number of amides is 1. The van der Waals surface area contributed by atoms with Crippen LogP contribution in [0.4, 0.5) is 5.69 Å². The Kier molecular flexibility index (Phi) is 10.0. The highest BCUT2D eigenvalue weighted by Gasteiger charge is 2.26. The summed E-state index contributed by atoms with van der Waals surface area (Å²) in [6.45, 7) is 3.16. The molecular weight excluding hydrogens is 625 g/mol. The van der Waals surface area contributed by atoms with E-state index in [1.54, 1.807) is 36.5 Å². The molecule has 9 nitrogen and oxygen atoms in total. The first-order valence-corrected chi connectivity index (χ1v) is 16.4. The second kappa shape index (κ2) is 14.3. The third-order valence-corrected chi connectivity index (χ3v) is 9.70. The molecule has 240 valence electrons. The van der Waals surface area contributed by atoms with Crippen molar-refractivity contribution < 1.29 is 19.1 Å². The summed E-state index contributed by atoms with van der Waals surface area (Å²) in [6, 6.07) is 12.3. The first-order chi connectivity index (χ1) is 22.4. The third kappa shape index (κ3) is 6.69. The average Bonchev–Trinajstić information content (AvgIpc) is 3.41. The van der Waals surface area contributed by atoms with E-state index in [-0.39, 0.29) is 5.91 Å². The number of anilines is 1. The lowest BCUT2D eigenvalue weighted by molar-refractivity contribution is 0.0143. The zero-order valence-electron chi connectivity index (χ0n) is 26.0. The highest BCUT2D eigenvalue weighted by atomic mass is 35.5. The topological polar surface area (TPSA) is 98.6 Å². The van der Waals surface area contributed by atoms with Crippen LogP contribution in [0.1, 0.15) is 64.5 Å². The molecule has 6 rings (SSSR count). The number of methoxy groups -OCH3 is 1. The second-order valence-corrected chi connectivity index (χ2v) is 12.5. The van der Waals surface area contributed by atoms with E-state index in [0.717, 1.165) is 43.8 Å². The van der Waals surface area contributed by atoms with Crippen molar-refractivity contribution in [3.63, 3.8) is 0 Å². The number of benzene rings is 2. The van der Waals surface area contributed by atoms with Crippen LogP contribution in [-0.2, 0) is 24.8 Å². The van der Waals surface area contributed by atoms with Crippen molar-refractivity contribution in [2.45, 2.75) is 51.2 Å². The minimum atomic E-state index is -0.341. The number of nitrogens with one attached hydrogen (secondary N) is 1. The van der Waals surface area contributed by atoms with Gasteiger partial charge in [0.2, 0.25) is 0 Å². The van der Waals surface area contributed by atoms with Crippen LogP contribution in [0.5, 0.6) is 5.75 Å². The fraction of sp³-hybridized carbons (Fsp3) is 0.371. The van der Waals surface area contributed by atoms with Crippen LogP contribution in [0, 0.1) is 0 Å². The SMILES string of the molecule is COc1cc(-c2nccc(-c3cccc(NC(=O)c4nc5c(n4C)CCN(CCOC4CCCCC4)C5)c3Cl)c2Cl)ccc1C=O. The van der Waals surface area contributed by atoms with Crippen molar-refractivity contribution in [1.29, 1.82) is 0 Å². The molecule has 1 fully saturated rings. The summed E-state index contributed by atoms with van der Waals surface area (Å²) in [7, 11) is 3.39. The first kappa shape index (κ1) is 32.2. The van der Waals surface area contributed by atoms with Crippen LogP contribution in [0.3, 0.4) is 0 Å². The molecular formula is C35H37Cl2N5O4. The molecule has 1 N–H and O–H groups in total.